The van der Waals surface area contributed by atoms with E-state index in [-0.39, 0.29) is 5.95 Å². The predicted octanol–water partition coefficient (Wildman–Crippen LogP) is 1.57. The largest absolute Gasteiger partial charge is 0.349 e. The number of halogens is 1. The molecule has 0 saturated heterocycles. The smallest absolute Gasteiger partial charge is 0.324 e. The third-order valence-corrected chi connectivity index (χ3v) is 1.71. The van der Waals surface area contributed by atoms with Gasteiger partial charge in [-0.3, -0.25) is 5.32 Å². The van der Waals surface area contributed by atoms with Crippen molar-refractivity contribution in [2.45, 2.75) is 0 Å². The van der Waals surface area contributed by atoms with Crippen LogP contribution in [0.25, 0.3) is 11.0 Å². The Kier molecular flexibility index (Phi) is 2.02. The van der Waals surface area contributed by atoms with Crippen LogP contribution in [-0.2, 0) is 0 Å². The van der Waals surface area contributed by atoms with Gasteiger partial charge in [0.2, 0.25) is 5.95 Å². The van der Waals surface area contributed by atoms with E-state index in [0.29, 0.717) is 5.52 Å². The molecule has 0 spiro atoms. The van der Waals surface area contributed by atoms with Gasteiger partial charge in [-0.15, -0.1) is 0 Å². The third-order valence-electron chi connectivity index (χ3n) is 1.71. The second-order valence-corrected chi connectivity index (χ2v) is 2.65. The second-order valence-electron chi connectivity index (χ2n) is 2.65. The number of anilines is 1. The number of H-pyrrole nitrogens is 1. The first-order valence-corrected chi connectivity index (χ1v) is 3.92. The molecule has 0 radical (unpaired) electrons. The number of benzene rings is 1. The Morgan fingerprint density at radius 3 is 2.93 bits per heavy atom. The first kappa shape index (κ1) is 8.49. The van der Waals surface area contributed by atoms with Crippen LogP contribution in [-0.4, -0.2) is 16.0 Å². The lowest BCUT2D eigenvalue weighted by Gasteiger charge is -1.95. The zero-order valence-electron chi connectivity index (χ0n) is 7.04. The Hall–Kier alpha value is -2.11. The fourth-order valence-corrected chi connectivity index (χ4v) is 1.14. The van der Waals surface area contributed by atoms with E-state index in [9.17, 15) is 9.28 Å². The number of imidazole rings is 1. The number of hydrogen-bond acceptors (Lipinski definition) is 2. The summed E-state index contributed by atoms with van der Waals surface area (Å²) < 4.78 is 11.6. The van der Waals surface area contributed by atoms with Crippen LogP contribution in [0.3, 0.4) is 0 Å². The van der Waals surface area contributed by atoms with Gasteiger partial charge in [0, 0.05) is 0 Å². The van der Waals surface area contributed by atoms with Crippen molar-refractivity contribution in [3.63, 3.8) is 0 Å². The summed E-state index contributed by atoms with van der Waals surface area (Å²) in [5, 5.41) is 2.19. The molecule has 1 aromatic heterocycles. The number of carbonyl (C=O) groups is 1. The van der Waals surface area contributed by atoms with E-state index in [1.54, 1.807) is 12.1 Å². The Bertz CT molecular complexity index is 434. The lowest BCUT2D eigenvalue weighted by atomic mass is 10.3. The molecule has 1 aromatic carbocycles. The quantitative estimate of drug-likeness (QED) is 0.603. The third kappa shape index (κ3) is 1.49. The molecule has 72 valence electrons. The van der Waals surface area contributed by atoms with Gasteiger partial charge in [-0.2, -0.15) is 5.54 Å². The van der Waals surface area contributed by atoms with Gasteiger partial charge in [0.05, 0.1) is 11.0 Å². The number of nitrogens with zero attached hydrogens (tertiary/aromatic N) is 1. The van der Waals surface area contributed by atoms with Crippen molar-refractivity contribution in [3.8, 4) is 0 Å². The highest BCUT2D eigenvalue weighted by Crippen LogP contribution is 2.12. The maximum atomic E-state index is 11.6. The van der Waals surface area contributed by atoms with Gasteiger partial charge >= 0.3 is 6.03 Å². The van der Waals surface area contributed by atoms with E-state index >= 15 is 0 Å². The molecule has 2 amide bonds. The number of aromatic nitrogens is 2. The van der Waals surface area contributed by atoms with Crippen molar-refractivity contribution in [3.05, 3.63) is 24.3 Å². The second kappa shape index (κ2) is 3.33. The van der Waals surface area contributed by atoms with E-state index < -0.39 is 6.03 Å². The van der Waals surface area contributed by atoms with Crippen molar-refractivity contribution in [1.29, 1.82) is 0 Å². The molecule has 0 aliphatic heterocycles. The molecule has 6 heteroatoms. The lowest BCUT2D eigenvalue weighted by molar-refractivity contribution is 0.229. The summed E-state index contributed by atoms with van der Waals surface area (Å²) in [6.45, 7) is 0. The van der Waals surface area contributed by atoms with Crippen molar-refractivity contribution < 1.29 is 9.28 Å². The Morgan fingerprint density at radius 2 is 2.21 bits per heavy atom. The minimum Gasteiger partial charge on any atom is -0.324 e. The van der Waals surface area contributed by atoms with E-state index in [2.05, 4.69) is 15.3 Å². The molecule has 1 heterocycles. The van der Waals surface area contributed by atoms with Crippen LogP contribution >= 0.6 is 0 Å². The maximum Gasteiger partial charge on any atom is 0.349 e. The Balaban J connectivity index is 2.31. The highest BCUT2D eigenvalue weighted by Gasteiger charge is 2.04. The summed E-state index contributed by atoms with van der Waals surface area (Å²) in [5.74, 6) is 0.210. The Labute approximate surface area is 78.3 Å². The normalized spacial score (nSPS) is 10.1. The van der Waals surface area contributed by atoms with Crippen LogP contribution < -0.4 is 10.9 Å². The highest BCUT2D eigenvalue weighted by atomic mass is 19.2. The monoisotopic (exact) mass is 194 g/mol. The molecule has 5 nitrogen and oxygen atoms in total. The van der Waals surface area contributed by atoms with Gasteiger partial charge in [0.1, 0.15) is 0 Å². The minimum atomic E-state index is -0.955. The van der Waals surface area contributed by atoms with Gasteiger partial charge in [-0.25, -0.2) is 9.78 Å². The number of hydrogen-bond donors (Lipinski definition) is 3. The van der Waals surface area contributed by atoms with E-state index in [4.69, 9.17) is 0 Å². The Morgan fingerprint density at radius 1 is 1.43 bits per heavy atom. The van der Waals surface area contributed by atoms with Crippen LogP contribution in [0.4, 0.5) is 15.2 Å². The zero-order valence-corrected chi connectivity index (χ0v) is 7.04. The maximum absolute atomic E-state index is 11.6. The number of rotatable bonds is 1. The number of amides is 2. The van der Waals surface area contributed by atoms with Crippen LogP contribution in [0.5, 0.6) is 0 Å². The summed E-state index contributed by atoms with van der Waals surface area (Å²) in [6.07, 6.45) is 0. The summed E-state index contributed by atoms with van der Waals surface area (Å²) >= 11 is 0. The van der Waals surface area contributed by atoms with E-state index in [1.165, 1.54) is 0 Å². The zero-order chi connectivity index (χ0) is 9.97. The number of urea groups is 1. The summed E-state index contributed by atoms with van der Waals surface area (Å²) in [7, 11) is 0. The SMILES string of the molecule is O=C(NF)Nc1nc2ccccc2[nH]1. The molecule has 0 unspecified atom stereocenters. The van der Waals surface area contributed by atoms with Gasteiger partial charge < -0.3 is 4.98 Å². The number of para-hydroxylation sites is 2. The molecular formula is C8H7FN4O. The van der Waals surface area contributed by atoms with Gasteiger partial charge in [-0.1, -0.05) is 16.6 Å². The number of aromatic amines is 1. The standard InChI is InChI=1S/C8H7FN4O/c9-13-8(14)12-7-10-5-3-1-2-4-6(5)11-7/h1-4H,(H3,10,11,12,13,14). The van der Waals surface area contributed by atoms with Crippen molar-refractivity contribution in [1.82, 2.24) is 15.5 Å². The van der Waals surface area contributed by atoms with Crippen LogP contribution in [0.2, 0.25) is 0 Å². The van der Waals surface area contributed by atoms with E-state index in [1.807, 2.05) is 12.1 Å². The van der Waals surface area contributed by atoms with Crippen LogP contribution in [0.15, 0.2) is 24.3 Å². The first-order valence-electron chi connectivity index (χ1n) is 3.92. The van der Waals surface area contributed by atoms with Crippen molar-refractivity contribution in [2.75, 3.05) is 5.32 Å². The number of fused-ring (bicyclic) bond motifs is 1. The fourth-order valence-electron chi connectivity index (χ4n) is 1.14. The van der Waals surface area contributed by atoms with Crippen molar-refractivity contribution in [2.24, 2.45) is 0 Å². The number of carbonyl (C=O) groups excluding carboxylic acids is 1. The molecule has 0 saturated carbocycles. The molecule has 0 aliphatic carbocycles. The fraction of sp³-hybridized carbons (Fsp3) is 0. The van der Waals surface area contributed by atoms with Crippen LogP contribution in [0, 0.1) is 0 Å². The molecule has 0 aliphatic rings. The molecule has 3 N–H and O–H groups in total. The first-order chi connectivity index (χ1) is 6.79. The average molecular weight is 194 g/mol. The van der Waals surface area contributed by atoms with Gasteiger partial charge in [-0.05, 0) is 12.1 Å². The topological polar surface area (TPSA) is 69.8 Å². The minimum absolute atomic E-state index is 0.210. The van der Waals surface area contributed by atoms with Gasteiger partial charge in [0.25, 0.3) is 0 Å². The predicted molar refractivity (Wildman–Crippen MR) is 49.4 cm³/mol. The summed E-state index contributed by atoms with van der Waals surface area (Å²) in [6, 6.07) is 6.29. The summed E-state index contributed by atoms with van der Waals surface area (Å²) in [4.78, 5) is 17.4. The lowest BCUT2D eigenvalue weighted by Crippen LogP contribution is -2.21. The molecule has 2 rings (SSSR count). The molecule has 2 aromatic rings. The van der Waals surface area contributed by atoms with E-state index in [0.717, 1.165) is 11.1 Å². The summed E-state index contributed by atoms with van der Waals surface area (Å²) in [5.41, 5.74) is 2.44. The average Bonchev–Trinajstić information content (AvgIpc) is 2.59. The highest BCUT2D eigenvalue weighted by molar-refractivity contribution is 5.89. The van der Waals surface area contributed by atoms with Crippen molar-refractivity contribution >= 4 is 23.0 Å². The molecule has 14 heavy (non-hydrogen) atoms. The molecule has 0 atom stereocenters. The molecule has 0 fully saturated rings. The van der Waals surface area contributed by atoms with Crippen LogP contribution in [0.1, 0.15) is 0 Å². The molecule has 0 bridgehead atoms. The van der Waals surface area contributed by atoms with Gasteiger partial charge in [0.15, 0.2) is 0 Å². The molecular weight excluding hydrogens is 187 g/mol. The number of nitrogens with one attached hydrogen (secondary N) is 3.